The second-order valence-corrected chi connectivity index (χ2v) is 4.37. The van der Waals surface area contributed by atoms with Crippen molar-refractivity contribution in [3.05, 3.63) is 40.7 Å². The van der Waals surface area contributed by atoms with E-state index in [0.29, 0.717) is 5.89 Å². The highest BCUT2D eigenvalue weighted by Gasteiger charge is 2.11. The van der Waals surface area contributed by atoms with Gasteiger partial charge < -0.3 is 9.15 Å². The third-order valence-electron chi connectivity index (χ3n) is 2.37. The molecule has 3 nitrogen and oxygen atoms in total. The van der Waals surface area contributed by atoms with Gasteiger partial charge in [-0.2, -0.15) is 0 Å². The largest absolute Gasteiger partial charge is 0.438 e. The molecule has 2 rings (SSSR count). The Morgan fingerprint density at radius 1 is 1.31 bits per heavy atom. The summed E-state index contributed by atoms with van der Waals surface area (Å²) in [6.45, 7) is 1.92. The number of methoxy groups -OCH3 is 1. The molecule has 0 N–H and O–H groups in total. The Bertz CT molecular complexity index is 464. The lowest BCUT2D eigenvalue weighted by atomic mass is 10.2. The van der Waals surface area contributed by atoms with Gasteiger partial charge in [-0.1, -0.05) is 15.9 Å². The van der Waals surface area contributed by atoms with Gasteiger partial charge in [0.15, 0.2) is 5.76 Å². The summed E-state index contributed by atoms with van der Waals surface area (Å²) in [6, 6.07) is 7.83. The van der Waals surface area contributed by atoms with Crippen LogP contribution in [0, 0.1) is 0 Å². The van der Waals surface area contributed by atoms with Crippen LogP contribution in [0.4, 0.5) is 0 Å². The Labute approximate surface area is 103 Å². The first kappa shape index (κ1) is 11.4. The van der Waals surface area contributed by atoms with Gasteiger partial charge in [0.2, 0.25) is 5.89 Å². The molecule has 0 aliphatic heterocycles. The van der Waals surface area contributed by atoms with Gasteiger partial charge in [0.25, 0.3) is 0 Å². The molecule has 0 fully saturated rings. The predicted molar refractivity (Wildman–Crippen MR) is 65.1 cm³/mol. The van der Waals surface area contributed by atoms with E-state index in [-0.39, 0.29) is 6.10 Å². The minimum absolute atomic E-state index is 0.0725. The van der Waals surface area contributed by atoms with Gasteiger partial charge in [0, 0.05) is 17.1 Å². The van der Waals surface area contributed by atoms with Crippen LogP contribution in [-0.2, 0) is 4.74 Å². The van der Waals surface area contributed by atoms with Crippen molar-refractivity contribution in [1.82, 2.24) is 4.98 Å². The van der Waals surface area contributed by atoms with E-state index in [2.05, 4.69) is 20.9 Å². The number of nitrogens with zero attached hydrogens (tertiary/aromatic N) is 1. The fourth-order valence-electron chi connectivity index (χ4n) is 1.32. The van der Waals surface area contributed by atoms with E-state index in [1.165, 1.54) is 0 Å². The van der Waals surface area contributed by atoms with E-state index >= 15 is 0 Å². The van der Waals surface area contributed by atoms with Crippen molar-refractivity contribution in [3.63, 3.8) is 0 Å². The van der Waals surface area contributed by atoms with E-state index in [0.717, 1.165) is 15.8 Å². The fourth-order valence-corrected chi connectivity index (χ4v) is 1.58. The van der Waals surface area contributed by atoms with Gasteiger partial charge in [-0.3, -0.25) is 0 Å². The molecule has 0 bridgehead atoms. The molecular formula is C12H12BrNO2. The molecular weight excluding hydrogens is 270 g/mol. The zero-order chi connectivity index (χ0) is 11.5. The average Bonchev–Trinajstić information content (AvgIpc) is 2.78. The van der Waals surface area contributed by atoms with Crippen LogP contribution in [0.5, 0.6) is 0 Å². The molecule has 0 aliphatic rings. The van der Waals surface area contributed by atoms with Gasteiger partial charge in [-0.25, -0.2) is 4.98 Å². The lowest BCUT2D eigenvalue weighted by Crippen LogP contribution is -1.92. The molecule has 0 amide bonds. The van der Waals surface area contributed by atoms with Crippen LogP contribution >= 0.6 is 15.9 Å². The summed E-state index contributed by atoms with van der Waals surface area (Å²) < 4.78 is 11.8. The molecule has 0 radical (unpaired) electrons. The Morgan fingerprint density at radius 3 is 2.62 bits per heavy atom. The van der Waals surface area contributed by atoms with Crippen LogP contribution in [-0.4, -0.2) is 12.1 Å². The normalized spacial score (nSPS) is 12.7. The van der Waals surface area contributed by atoms with Crippen molar-refractivity contribution in [1.29, 1.82) is 0 Å². The molecule has 84 valence electrons. The number of aromatic nitrogens is 1. The number of benzene rings is 1. The van der Waals surface area contributed by atoms with Crippen molar-refractivity contribution in [2.75, 3.05) is 7.11 Å². The topological polar surface area (TPSA) is 35.3 Å². The third kappa shape index (κ3) is 2.33. The number of hydrogen-bond acceptors (Lipinski definition) is 3. The van der Waals surface area contributed by atoms with Crippen molar-refractivity contribution in [2.24, 2.45) is 0 Å². The molecule has 0 spiro atoms. The van der Waals surface area contributed by atoms with Crippen LogP contribution in [0.15, 0.2) is 39.4 Å². The molecule has 2 aromatic rings. The molecule has 1 atom stereocenters. The van der Waals surface area contributed by atoms with Crippen LogP contribution in [0.3, 0.4) is 0 Å². The van der Waals surface area contributed by atoms with Crippen molar-refractivity contribution >= 4 is 15.9 Å². The zero-order valence-corrected chi connectivity index (χ0v) is 10.7. The summed E-state index contributed by atoms with van der Waals surface area (Å²) in [6.07, 6.45) is 1.63. The summed E-state index contributed by atoms with van der Waals surface area (Å²) in [5.41, 5.74) is 0.956. The first-order valence-electron chi connectivity index (χ1n) is 4.95. The molecule has 1 heterocycles. The highest BCUT2D eigenvalue weighted by atomic mass is 79.9. The maximum Gasteiger partial charge on any atom is 0.226 e. The third-order valence-corrected chi connectivity index (χ3v) is 2.90. The maximum absolute atomic E-state index is 5.61. The van der Waals surface area contributed by atoms with Gasteiger partial charge in [-0.15, -0.1) is 0 Å². The van der Waals surface area contributed by atoms with Gasteiger partial charge in [0.1, 0.15) is 6.10 Å². The molecule has 16 heavy (non-hydrogen) atoms. The van der Waals surface area contributed by atoms with Gasteiger partial charge >= 0.3 is 0 Å². The molecule has 0 aliphatic carbocycles. The van der Waals surface area contributed by atoms with Crippen molar-refractivity contribution < 1.29 is 9.15 Å². The molecule has 0 saturated heterocycles. The summed E-state index contributed by atoms with van der Waals surface area (Å²) in [4.78, 5) is 4.22. The van der Waals surface area contributed by atoms with E-state index in [4.69, 9.17) is 9.15 Å². The summed E-state index contributed by atoms with van der Waals surface area (Å²) >= 11 is 3.39. The summed E-state index contributed by atoms with van der Waals surface area (Å²) in [7, 11) is 1.65. The summed E-state index contributed by atoms with van der Waals surface area (Å²) in [5.74, 6) is 1.35. The monoisotopic (exact) mass is 281 g/mol. The average molecular weight is 282 g/mol. The highest BCUT2D eigenvalue weighted by Crippen LogP contribution is 2.24. The van der Waals surface area contributed by atoms with E-state index < -0.39 is 0 Å². The van der Waals surface area contributed by atoms with Crippen LogP contribution < -0.4 is 0 Å². The minimum atomic E-state index is -0.0725. The van der Waals surface area contributed by atoms with Crippen molar-refractivity contribution in [3.8, 4) is 11.5 Å². The number of rotatable bonds is 3. The predicted octanol–water partition coefficient (Wildman–Crippen LogP) is 3.81. The Hall–Kier alpha value is -1.13. The Kier molecular flexibility index (Phi) is 3.41. The molecule has 1 aromatic carbocycles. The molecule has 0 saturated carbocycles. The van der Waals surface area contributed by atoms with Gasteiger partial charge in [0.05, 0.1) is 6.20 Å². The number of oxazole rings is 1. The number of halogens is 1. The van der Waals surface area contributed by atoms with Gasteiger partial charge in [-0.05, 0) is 31.2 Å². The highest BCUT2D eigenvalue weighted by molar-refractivity contribution is 9.10. The smallest absolute Gasteiger partial charge is 0.226 e. The SMILES string of the molecule is COC(C)c1cnc(-c2ccc(Br)cc2)o1. The number of hydrogen-bond donors (Lipinski definition) is 0. The molecule has 1 aromatic heterocycles. The van der Waals surface area contributed by atoms with Crippen LogP contribution in [0.2, 0.25) is 0 Å². The van der Waals surface area contributed by atoms with E-state index in [1.807, 2.05) is 31.2 Å². The Balaban J connectivity index is 2.28. The number of ether oxygens (including phenoxy) is 1. The lowest BCUT2D eigenvalue weighted by molar-refractivity contribution is 0.100. The fraction of sp³-hybridized carbons (Fsp3) is 0.250. The second kappa shape index (κ2) is 4.80. The summed E-state index contributed by atoms with van der Waals surface area (Å²) in [5, 5.41) is 0. The van der Waals surface area contributed by atoms with Crippen molar-refractivity contribution in [2.45, 2.75) is 13.0 Å². The second-order valence-electron chi connectivity index (χ2n) is 3.45. The van der Waals surface area contributed by atoms with E-state index in [1.54, 1.807) is 13.3 Å². The zero-order valence-electron chi connectivity index (χ0n) is 9.11. The minimum Gasteiger partial charge on any atom is -0.438 e. The first-order chi connectivity index (χ1) is 7.70. The lowest BCUT2D eigenvalue weighted by Gasteiger charge is -2.03. The van der Waals surface area contributed by atoms with E-state index in [9.17, 15) is 0 Å². The molecule has 4 heteroatoms. The first-order valence-corrected chi connectivity index (χ1v) is 5.74. The standard InChI is InChI=1S/C12H12BrNO2/c1-8(15-2)11-7-14-12(16-11)9-3-5-10(13)6-4-9/h3-8H,1-2H3. The van der Waals surface area contributed by atoms with Crippen LogP contribution in [0.25, 0.3) is 11.5 Å². The molecule has 1 unspecified atom stereocenters. The maximum atomic E-state index is 5.61. The quantitative estimate of drug-likeness (QED) is 0.858. The Morgan fingerprint density at radius 2 is 2.00 bits per heavy atom. The van der Waals surface area contributed by atoms with Crippen LogP contribution in [0.1, 0.15) is 18.8 Å².